The van der Waals surface area contributed by atoms with Crippen LogP contribution in [0.2, 0.25) is 0 Å². The average molecular weight is 1980 g/mol. The van der Waals surface area contributed by atoms with Crippen molar-refractivity contribution in [2.75, 3.05) is 0 Å². The maximum absolute atomic E-state index is 13.2. The predicted octanol–water partition coefficient (Wildman–Crippen LogP) is 24.6. The molecular formula is C113H100F4N32. The molecule has 0 bridgehead atoms. The number of halogens is 4. The summed E-state index contributed by atoms with van der Waals surface area (Å²) < 4.78 is 52.7. The SMILES string of the molecule is C=C(C)Cc1nc(-c2ccc3[nH]nc(-c4ccc(F)cc4)c3c2)n[nH]1.CC(C)=Cc1nc(-c2ccc3[nH]nc(-c4ccc(F)cc4)c3c2)n[nH]1.CCCCc1nc(-c2ccc3[nH]nc(-c4ccc(F)cc4)c3c2)n[nH]1.Fc1ccc(-c2n[nH]c3ccc(-c4n[nH]c(CCC5CC5)n4)cc23)cc1.c1cc(-c2n[nH]c3ccc(-c4n[nH]c(CC5CC5)n4)cc23)ccn1.c1cncc(-c2n[nH]c3ccc(-c4n[nH]c(CC5CC5)n4)cc23)c1. The van der Waals surface area contributed by atoms with E-state index in [2.05, 4.69) is 188 Å². The largest absolute Gasteiger partial charge is 0.277 e. The van der Waals surface area contributed by atoms with Crippen LogP contribution in [0, 0.1) is 41.0 Å². The van der Waals surface area contributed by atoms with E-state index in [9.17, 15) is 17.6 Å². The van der Waals surface area contributed by atoms with Gasteiger partial charge in [-0.1, -0.05) is 43.9 Å². The summed E-state index contributed by atoms with van der Waals surface area (Å²) in [6.45, 7) is 12.0. The predicted molar refractivity (Wildman–Crippen MR) is 567 cm³/mol. The molecule has 12 N–H and O–H groups in total. The van der Waals surface area contributed by atoms with E-state index in [1.165, 1.54) is 93.5 Å². The van der Waals surface area contributed by atoms with Crippen molar-refractivity contribution in [2.24, 2.45) is 17.8 Å². The summed E-state index contributed by atoms with van der Waals surface area (Å²) in [6, 6.07) is 69.2. The van der Waals surface area contributed by atoms with Crippen molar-refractivity contribution in [3.05, 3.63) is 331 Å². The molecule has 3 fully saturated rings. The zero-order valence-corrected chi connectivity index (χ0v) is 81.6. The minimum absolute atomic E-state index is 0.256. The Labute approximate surface area is 848 Å². The van der Waals surface area contributed by atoms with Crippen LogP contribution in [0.1, 0.15) is 120 Å². The molecule has 0 aliphatic heterocycles. The minimum atomic E-state index is -0.268. The maximum atomic E-state index is 13.2. The van der Waals surface area contributed by atoms with Gasteiger partial charge in [-0.25, -0.2) is 47.5 Å². The Hall–Kier alpha value is -18.6. The molecule has 14 heterocycles. The third-order valence-electron chi connectivity index (χ3n) is 26.0. The van der Waals surface area contributed by atoms with Crippen LogP contribution in [0.25, 0.3) is 207 Å². The highest BCUT2D eigenvalue weighted by atomic mass is 19.1. The van der Waals surface area contributed by atoms with Crippen molar-refractivity contribution in [1.82, 2.24) is 162 Å². The van der Waals surface area contributed by atoms with Crippen molar-refractivity contribution in [2.45, 2.75) is 118 Å². The number of H-pyrrole nitrogens is 12. The standard InChI is InChI=1S/C20H18FN5.2C19H16FN5.C19H18FN5.2C18H16N6/c21-15-7-4-13(5-8-15)19-16-11-14(6-9-17(16)23-25-19)20-22-18(24-26-20)10-3-12-1-2-12;2*1-11(2)9-17-21-19(25-23-17)13-5-8-16-15(10-13)18(24-22-16)12-3-6-14(20)7-4-12;1-2-3-4-17-21-19(25-23-17)13-7-10-16-15(11-13)18(24-22-16)12-5-8-14(20)9-6-12;1-2-11(1)9-16-20-18(24-22-16)13-3-4-15-14(10-13)17(23-21-15)12-5-7-19-8-6-12;1-2-13(10-19-7-1)17-14-9-12(5-6-15(14)21-23-17)18-20-16(22-24-18)8-11-3-4-11/h4-9,11-12H,1-3,10H2,(H,23,25)(H,22,24,26);3-10H,1-2H3,(H,22,24)(H,21,23,25);3-8,10H,1,9H2,2H3,(H,22,24)(H,21,23,25);5-11H,2-4H2,1H3,(H,22,24)(H,21,23,25);3-8,10-11H,1-2,9H2,(H,21,23)(H,20,22,24);1-2,5-7,9-11H,3-4,8H2,(H,21,23)(H,20,22,24). The van der Waals surface area contributed by atoms with Gasteiger partial charge in [0.15, 0.2) is 34.9 Å². The second kappa shape index (κ2) is 42.7. The van der Waals surface area contributed by atoms with Gasteiger partial charge < -0.3 is 0 Å². The summed E-state index contributed by atoms with van der Waals surface area (Å²) in [6.07, 6.45) is 24.9. The molecule has 10 aromatic carbocycles. The number of rotatable bonds is 25. The van der Waals surface area contributed by atoms with Gasteiger partial charge in [0.05, 0.1) is 55.9 Å². The summed E-state index contributed by atoms with van der Waals surface area (Å²) >= 11 is 0. The quantitative estimate of drug-likeness (QED) is 0.0187. The molecule has 0 amide bonds. The first-order valence-electron chi connectivity index (χ1n) is 49.5. The lowest BCUT2D eigenvalue weighted by Gasteiger charge is -2.00. The molecular weight excluding hydrogens is 1880 g/mol. The Morgan fingerprint density at radius 3 is 0.913 bits per heavy atom. The number of hydrogen-bond donors (Lipinski definition) is 12. The fourth-order valence-electron chi connectivity index (χ4n) is 17.6. The first kappa shape index (κ1) is 95.2. The van der Waals surface area contributed by atoms with Gasteiger partial charge in [0.25, 0.3) is 0 Å². The van der Waals surface area contributed by atoms with Gasteiger partial charge in [-0.05, 0) is 314 Å². The van der Waals surface area contributed by atoms with Crippen molar-refractivity contribution < 1.29 is 17.6 Å². The molecule has 14 aromatic heterocycles. The summed E-state index contributed by atoms with van der Waals surface area (Å²) in [4.78, 5) is 35.8. The molecule has 149 heavy (non-hydrogen) atoms. The fraction of sp³-hybridized carbons (Fsp3) is 0.186. The lowest BCUT2D eigenvalue weighted by Crippen LogP contribution is -1.89. The van der Waals surface area contributed by atoms with Crippen molar-refractivity contribution in [3.8, 4) is 136 Å². The van der Waals surface area contributed by atoms with Crippen molar-refractivity contribution in [1.29, 1.82) is 0 Å². The smallest absolute Gasteiger partial charge is 0.181 e. The van der Waals surface area contributed by atoms with Gasteiger partial charge in [0.1, 0.15) is 69.6 Å². The number of aromatic amines is 12. The Kier molecular flexibility index (Phi) is 27.3. The first-order valence-corrected chi connectivity index (χ1v) is 49.5. The molecule has 3 saturated carbocycles. The van der Waals surface area contributed by atoms with Crippen LogP contribution in [0.3, 0.4) is 0 Å². The Bertz CT molecular complexity index is 8660. The molecule has 24 aromatic rings. The Morgan fingerprint density at radius 2 is 0.591 bits per heavy atom. The van der Waals surface area contributed by atoms with Gasteiger partial charge >= 0.3 is 0 Å². The third kappa shape index (κ3) is 22.5. The number of nitrogens with zero attached hydrogens (tertiary/aromatic N) is 20. The van der Waals surface area contributed by atoms with E-state index < -0.39 is 0 Å². The number of pyridine rings is 2. The van der Waals surface area contributed by atoms with E-state index in [1.54, 1.807) is 67.1 Å². The number of unbranched alkanes of at least 4 members (excludes halogenated alkanes) is 1. The molecule has 3 aliphatic rings. The number of hydrogen-bond acceptors (Lipinski definition) is 20. The zero-order chi connectivity index (χ0) is 101. The molecule has 0 atom stereocenters. The van der Waals surface area contributed by atoms with Crippen LogP contribution >= 0.6 is 0 Å². The minimum Gasteiger partial charge on any atom is -0.277 e. The molecule has 27 rings (SSSR count). The van der Waals surface area contributed by atoms with Crippen LogP contribution in [-0.2, 0) is 32.1 Å². The van der Waals surface area contributed by atoms with Crippen molar-refractivity contribution >= 4 is 71.5 Å². The summed E-state index contributed by atoms with van der Waals surface area (Å²) in [5, 5.41) is 94.7. The number of aryl methyl sites for hydroxylation is 2. The van der Waals surface area contributed by atoms with Gasteiger partial charge in [0, 0.05) is 156 Å². The lowest BCUT2D eigenvalue weighted by atomic mass is 10.1. The topological polar surface area (TPSA) is 447 Å². The van der Waals surface area contributed by atoms with E-state index in [1.807, 2.05) is 154 Å². The molecule has 36 heteroatoms. The van der Waals surface area contributed by atoms with Crippen LogP contribution in [0.15, 0.2) is 273 Å². The first-order chi connectivity index (χ1) is 72.9. The number of nitrogens with one attached hydrogen (secondary N) is 12. The second-order valence-electron chi connectivity index (χ2n) is 37.8. The van der Waals surface area contributed by atoms with E-state index in [0.29, 0.717) is 29.7 Å². The fourth-order valence-corrected chi connectivity index (χ4v) is 17.6. The molecule has 740 valence electrons. The summed E-state index contributed by atoms with van der Waals surface area (Å²) in [5.41, 5.74) is 23.9. The zero-order valence-electron chi connectivity index (χ0n) is 81.6. The van der Waals surface area contributed by atoms with E-state index in [0.717, 1.165) is 280 Å². The molecule has 0 unspecified atom stereocenters. The number of aromatic nitrogens is 32. The maximum Gasteiger partial charge on any atom is 0.181 e. The number of benzene rings is 10. The number of fused-ring (bicyclic) bond motifs is 6. The Balaban J connectivity index is 0.000000101. The normalized spacial score (nSPS) is 12.7. The second-order valence-corrected chi connectivity index (χ2v) is 37.8. The van der Waals surface area contributed by atoms with Gasteiger partial charge in [-0.3, -0.25) is 71.2 Å². The van der Waals surface area contributed by atoms with Crippen LogP contribution in [0.5, 0.6) is 0 Å². The highest BCUT2D eigenvalue weighted by Crippen LogP contribution is 2.40. The highest BCUT2D eigenvalue weighted by molar-refractivity contribution is 6.00. The Morgan fingerprint density at radius 1 is 0.295 bits per heavy atom. The van der Waals surface area contributed by atoms with Gasteiger partial charge in [-0.2, -0.15) is 61.2 Å². The van der Waals surface area contributed by atoms with Crippen molar-refractivity contribution in [3.63, 3.8) is 0 Å². The van der Waals surface area contributed by atoms with E-state index in [4.69, 9.17) is 0 Å². The molecule has 0 spiro atoms. The average Bonchev–Trinajstić information content (AvgIpc) is 1.66. The monoisotopic (exact) mass is 1980 g/mol. The third-order valence-corrected chi connectivity index (χ3v) is 26.0. The van der Waals surface area contributed by atoms with Gasteiger partial charge in [0.2, 0.25) is 0 Å². The number of allylic oxidation sites excluding steroid dienone is 2. The molecule has 0 saturated heterocycles. The molecule has 32 nitrogen and oxygen atoms in total. The molecule has 0 radical (unpaired) electrons. The van der Waals surface area contributed by atoms with E-state index >= 15 is 0 Å². The highest BCUT2D eigenvalue weighted by Gasteiger charge is 2.28. The molecule has 3 aliphatic carbocycles. The lowest BCUT2D eigenvalue weighted by molar-refractivity contribution is 0.627. The summed E-state index contributed by atoms with van der Waals surface area (Å²) in [7, 11) is 0. The van der Waals surface area contributed by atoms with Crippen LogP contribution in [-0.4, -0.2) is 162 Å². The van der Waals surface area contributed by atoms with E-state index in [-0.39, 0.29) is 23.3 Å². The van der Waals surface area contributed by atoms with Gasteiger partial charge in [-0.15, -0.1) is 0 Å². The van der Waals surface area contributed by atoms with Crippen LogP contribution < -0.4 is 0 Å². The summed E-state index contributed by atoms with van der Waals surface area (Å²) in [5.74, 6) is 10.8. The van der Waals surface area contributed by atoms with Crippen LogP contribution in [0.4, 0.5) is 17.6 Å².